The van der Waals surface area contributed by atoms with E-state index in [-0.39, 0.29) is 11.9 Å². The summed E-state index contributed by atoms with van der Waals surface area (Å²) in [7, 11) is 9.64. The Bertz CT molecular complexity index is 206. The van der Waals surface area contributed by atoms with Crippen molar-refractivity contribution in [3.63, 3.8) is 0 Å². The number of hydrogen-bond acceptors (Lipinski definition) is 4. The van der Waals surface area contributed by atoms with Gasteiger partial charge in [0, 0.05) is 46.2 Å². The Balaban J connectivity index is 4.11. The molecule has 0 saturated heterocycles. The van der Waals surface area contributed by atoms with Crippen LogP contribution in [-0.4, -0.2) is 81.5 Å². The molecule has 1 amide bonds. The first-order valence-electron chi connectivity index (χ1n) is 5.63. The Morgan fingerprint density at radius 2 is 1.69 bits per heavy atom. The van der Waals surface area contributed by atoms with Crippen LogP contribution in [-0.2, 0) is 4.79 Å². The number of carbonyl (C=O) groups is 1. The third-order valence-electron chi connectivity index (χ3n) is 2.70. The highest BCUT2D eigenvalue weighted by molar-refractivity contribution is 5.76. The van der Waals surface area contributed by atoms with Gasteiger partial charge in [0.2, 0.25) is 5.91 Å². The standard InChI is InChI=1S/C11H26N4O/c1-13(2)6-7-15(5)10(9-12)8-11(16)14(3)4/h10H,6-9,12H2,1-5H3. The highest BCUT2D eigenvalue weighted by atomic mass is 16.2. The number of hydrogen-bond donors (Lipinski definition) is 1. The van der Waals surface area contributed by atoms with E-state index in [1.165, 1.54) is 0 Å². The van der Waals surface area contributed by atoms with Crippen LogP contribution >= 0.6 is 0 Å². The summed E-state index contributed by atoms with van der Waals surface area (Å²) in [6.45, 7) is 2.42. The van der Waals surface area contributed by atoms with Crippen LogP contribution < -0.4 is 5.73 Å². The zero-order valence-electron chi connectivity index (χ0n) is 11.2. The molecule has 0 aliphatic carbocycles. The molecule has 0 aromatic heterocycles. The molecule has 0 radical (unpaired) electrons. The molecule has 5 heteroatoms. The minimum atomic E-state index is 0.132. The van der Waals surface area contributed by atoms with E-state index in [0.717, 1.165) is 13.1 Å². The number of likely N-dealkylation sites (N-methyl/N-ethyl adjacent to an activating group) is 2. The summed E-state index contributed by atoms with van der Waals surface area (Å²) in [5, 5.41) is 0. The largest absolute Gasteiger partial charge is 0.349 e. The lowest BCUT2D eigenvalue weighted by Crippen LogP contribution is -2.44. The third kappa shape index (κ3) is 6.05. The van der Waals surface area contributed by atoms with Gasteiger partial charge in [-0.3, -0.25) is 4.79 Å². The quantitative estimate of drug-likeness (QED) is 0.627. The zero-order valence-corrected chi connectivity index (χ0v) is 11.2. The van der Waals surface area contributed by atoms with Gasteiger partial charge in [-0.25, -0.2) is 0 Å². The highest BCUT2D eigenvalue weighted by Gasteiger charge is 2.17. The van der Waals surface area contributed by atoms with E-state index >= 15 is 0 Å². The second kappa shape index (κ2) is 7.60. The van der Waals surface area contributed by atoms with Crippen LogP contribution in [0.4, 0.5) is 0 Å². The minimum Gasteiger partial charge on any atom is -0.349 e. The van der Waals surface area contributed by atoms with Crippen molar-refractivity contribution in [2.75, 3.05) is 54.9 Å². The van der Waals surface area contributed by atoms with Crippen molar-refractivity contribution in [1.29, 1.82) is 0 Å². The first-order valence-corrected chi connectivity index (χ1v) is 5.63. The van der Waals surface area contributed by atoms with Crippen LogP contribution in [0.25, 0.3) is 0 Å². The molecule has 0 fully saturated rings. The average molecular weight is 230 g/mol. The summed E-state index contributed by atoms with van der Waals surface area (Å²) in [4.78, 5) is 17.5. The maximum atomic E-state index is 11.6. The molecule has 0 rings (SSSR count). The molecule has 0 aliphatic rings. The summed E-state index contributed by atoms with van der Waals surface area (Å²) >= 11 is 0. The first-order chi connectivity index (χ1) is 7.38. The topological polar surface area (TPSA) is 52.8 Å². The lowest BCUT2D eigenvalue weighted by molar-refractivity contribution is -0.129. The molecule has 0 saturated carbocycles. The van der Waals surface area contributed by atoms with E-state index in [1.54, 1.807) is 19.0 Å². The number of amides is 1. The van der Waals surface area contributed by atoms with Crippen LogP contribution in [0, 0.1) is 0 Å². The molecule has 0 aromatic rings. The lowest BCUT2D eigenvalue weighted by atomic mass is 10.1. The summed E-state index contributed by atoms with van der Waals surface area (Å²) < 4.78 is 0. The van der Waals surface area contributed by atoms with Gasteiger partial charge < -0.3 is 20.4 Å². The van der Waals surface area contributed by atoms with Crippen LogP contribution in [0.3, 0.4) is 0 Å². The van der Waals surface area contributed by atoms with Crippen LogP contribution in [0.1, 0.15) is 6.42 Å². The van der Waals surface area contributed by atoms with Gasteiger partial charge in [0.05, 0.1) is 0 Å². The number of rotatable bonds is 7. The van der Waals surface area contributed by atoms with Crippen molar-refractivity contribution in [3.05, 3.63) is 0 Å². The fourth-order valence-corrected chi connectivity index (χ4v) is 1.34. The van der Waals surface area contributed by atoms with Gasteiger partial charge in [-0.15, -0.1) is 0 Å². The molecule has 0 spiro atoms. The van der Waals surface area contributed by atoms with Gasteiger partial charge in [0.15, 0.2) is 0 Å². The highest BCUT2D eigenvalue weighted by Crippen LogP contribution is 2.02. The van der Waals surface area contributed by atoms with Crippen LogP contribution in [0.5, 0.6) is 0 Å². The summed E-state index contributed by atoms with van der Waals surface area (Å²) in [5.74, 6) is 0.132. The molecule has 0 aromatic carbocycles. The van der Waals surface area contributed by atoms with Crippen molar-refractivity contribution in [1.82, 2.24) is 14.7 Å². The fraction of sp³-hybridized carbons (Fsp3) is 0.909. The van der Waals surface area contributed by atoms with Gasteiger partial charge in [0.1, 0.15) is 0 Å². The summed E-state index contributed by atoms with van der Waals surface area (Å²) in [6, 6.07) is 0.134. The summed E-state index contributed by atoms with van der Waals surface area (Å²) in [6.07, 6.45) is 0.493. The molecule has 0 aliphatic heterocycles. The molecule has 16 heavy (non-hydrogen) atoms. The molecule has 5 nitrogen and oxygen atoms in total. The monoisotopic (exact) mass is 230 g/mol. The predicted octanol–water partition coefficient (Wildman–Crippen LogP) is -0.715. The molecule has 96 valence electrons. The predicted molar refractivity (Wildman–Crippen MR) is 67.3 cm³/mol. The van der Waals surface area contributed by atoms with Crippen molar-refractivity contribution in [2.45, 2.75) is 12.5 Å². The van der Waals surface area contributed by atoms with E-state index in [2.05, 4.69) is 9.80 Å². The van der Waals surface area contributed by atoms with E-state index in [0.29, 0.717) is 13.0 Å². The Morgan fingerprint density at radius 3 is 2.06 bits per heavy atom. The molecule has 2 N–H and O–H groups in total. The number of nitrogens with two attached hydrogens (primary N) is 1. The zero-order chi connectivity index (χ0) is 12.7. The fourth-order valence-electron chi connectivity index (χ4n) is 1.34. The van der Waals surface area contributed by atoms with Crippen molar-refractivity contribution in [2.24, 2.45) is 5.73 Å². The van der Waals surface area contributed by atoms with Gasteiger partial charge in [0.25, 0.3) is 0 Å². The maximum absolute atomic E-state index is 11.6. The van der Waals surface area contributed by atoms with E-state index in [4.69, 9.17) is 5.73 Å². The van der Waals surface area contributed by atoms with Crippen molar-refractivity contribution in [3.8, 4) is 0 Å². The van der Waals surface area contributed by atoms with Gasteiger partial charge in [-0.1, -0.05) is 0 Å². The van der Waals surface area contributed by atoms with Crippen molar-refractivity contribution >= 4 is 5.91 Å². The third-order valence-corrected chi connectivity index (χ3v) is 2.70. The van der Waals surface area contributed by atoms with Crippen LogP contribution in [0.15, 0.2) is 0 Å². The average Bonchev–Trinajstić information content (AvgIpc) is 2.21. The SMILES string of the molecule is CN(C)CCN(C)C(CN)CC(=O)N(C)C. The number of nitrogens with zero attached hydrogens (tertiary/aromatic N) is 3. The Morgan fingerprint density at radius 1 is 1.12 bits per heavy atom. The van der Waals surface area contributed by atoms with E-state index in [9.17, 15) is 4.79 Å². The van der Waals surface area contributed by atoms with Crippen LogP contribution in [0.2, 0.25) is 0 Å². The molecular formula is C11H26N4O. The second-order valence-corrected chi connectivity index (χ2v) is 4.67. The number of carbonyl (C=O) groups excluding carboxylic acids is 1. The molecule has 0 heterocycles. The molecule has 1 atom stereocenters. The first kappa shape index (κ1) is 15.3. The minimum absolute atomic E-state index is 0.132. The smallest absolute Gasteiger partial charge is 0.223 e. The van der Waals surface area contributed by atoms with Crippen molar-refractivity contribution < 1.29 is 4.79 Å². The van der Waals surface area contributed by atoms with Gasteiger partial charge >= 0.3 is 0 Å². The Labute approximate surface area is 99.2 Å². The maximum Gasteiger partial charge on any atom is 0.223 e. The molecule has 1 unspecified atom stereocenters. The lowest BCUT2D eigenvalue weighted by Gasteiger charge is -2.28. The Kier molecular flexibility index (Phi) is 7.29. The summed E-state index contributed by atoms with van der Waals surface area (Å²) in [5.41, 5.74) is 5.70. The second-order valence-electron chi connectivity index (χ2n) is 4.67. The van der Waals surface area contributed by atoms with Gasteiger partial charge in [-0.2, -0.15) is 0 Å². The van der Waals surface area contributed by atoms with E-state index < -0.39 is 0 Å². The Hall–Kier alpha value is -0.650. The van der Waals surface area contributed by atoms with E-state index in [1.807, 2.05) is 21.1 Å². The molecule has 0 bridgehead atoms. The normalized spacial score (nSPS) is 13.2. The van der Waals surface area contributed by atoms with Gasteiger partial charge in [-0.05, 0) is 21.1 Å². The molecular weight excluding hydrogens is 204 g/mol.